The van der Waals surface area contributed by atoms with Crippen molar-refractivity contribution in [2.45, 2.75) is 39.7 Å². The van der Waals surface area contributed by atoms with Crippen LogP contribution >= 0.6 is 11.7 Å². The maximum atomic E-state index is 10.0. The minimum Gasteiger partial charge on any atom is -0.393 e. The molecule has 0 saturated heterocycles. The van der Waals surface area contributed by atoms with Gasteiger partial charge < -0.3 is 5.11 Å². The SMILES string of the molecule is CC(C)Cc1ccc(-c2ccc(-c3ccc(-c4ccc(-c5ccc(CC(C)O)c6ccccc56)cc4)c4nsnc34)cc2)c2ccccc12. The van der Waals surface area contributed by atoms with Gasteiger partial charge in [0.1, 0.15) is 11.0 Å². The molecule has 1 aromatic heterocycles. The first-order valence-corrected chi connectivity index (χ1v) is 17.8. The Morgan fingerprint density at radius 1 is 0.449 bits per heavy atom. The number of benzene rings is 7. The second-order valence-electron chi connectivity index (χ2n) is 13.6. The molecule has 0 aliphatic carbocycles. The molecule has 0 bridgehead atoms. The summed E-state index contributed by atoms with van der Waals surface area (Å²) in [6.45, 7) is 6.40. The molecule has 4 heteroatoms. The van der Waals surface area contributed by atoms with Gasteiger partial charge in [0.15, 0.2) is 0 Å². The Balaban J connectivity index is 1.11. The molecule has 0 spiro atoms. The van der Waals surface area contributed by atoms with E-state index in [9.17, 15) is 5.11 Å². The van der Waals surface area contributed by atoms with Gasteiger partial charge in [-0.1, -0.05) is 147 Å². The molecule has 0 saturated carbocycles. The Bertz CT molecular complexity index is 2270. The average molecular weight is 655 g/mol. The van der Waals surface area contributed by atoms with Crippen LogP contribution in [0.2, 0.25) is 0 Å². The van der Waals surface area contributed by atoms with Crippen molar-refractivity contribution < 1.29 is 5.11 Å². The molecule has 1 atom stereocenters. The average Bonchev–Trinajstić information content (AvgIpc) is 3.62. The maximum Gasteiger partial charge on any atom is 0.113 e. The fourth-order valence-corrected chi connectivity index (χ4v) is 7.91. The predicted molar refractivity (Wildman–Crippen MR) is 208 cm³/mol. The highest BCUT2D eigenvalue weighted by atomic mass is 32.1. The van der Waals surface area contributed by atoms with Gasteiger partial charge in [-0.25, -0.2) is 0 Å². The van der Waals surface area contributed by atoms with E-state index in [1.54, 1.807) is 0 Å². The van der Waals surface area contributed by atoms with E-state index in [-0.39, 0.29) is 6.10 Å². The molecule has 0 aliphatic rings. The number of fused-ring (bicyclic) bond motifs is 3. The zero-order chi connectivity index (χ0) is 33.5. The highest BCUT2D eigenvalue weighted by Gasteiger charge is 2.16. The molecule has 1 heterocycles. The fourth-order valence-electron chi connectivity index (χ4n) is 7.33. The normalized spacial score (nSPS) is 12.3. The van der Waals surface area contributed by atoms with Crippen molar-refractivity contribution in [2.24, 2.45) is 5.92 Å². The summed E-state index contributed by atoms with van der Waals surface area (Å²) in [5.41, 5.74) is 13.7. The van der Waals surface area contributed by atoms with Crippen LogP contribution in [0.1, 0.15) is 31.9 Å². The molecule has 1 unspecified atom stereocenters. The van der Waals surface area contributed by atoms with Crippen LogP contribution in [0.15, 0.2) is 133 Å². The number of hydrogen-bond donors (Lipinski definition) is 1. The minimum absolute atomic E-state index is 0.380. The lowest BCUT2D eigenvalue weighted by Gasteiger charge is -2.14. The largest absolute Gasteiger partial charge is 0.393 e. The first-order chi connectivity index (χ1) is 23.9. The van der Waals surface area contributed by atoms with Crippen molar-refractivity contribution in [2.75, 3.05) is 0 Å². The summed E-state index contributed by atoms with van der Waals surface area (Å²) in [7, 11) is 0. The first-order valence-electron chi connectivity index (χ1n) is 17.1. The lowest BCUT2D eigenvalue weighted by atomic mass is 9.90. The van der Waals surface area contributed by atoms with Crippen molar-refractivity contribution in [3.63, 3.8) is 0 Å². The molecule has 1 N–H and O–H groups in total. The topological polar surface area (TPSA) is 46.0 Å². The Hall–Kier alpha value is -5.16. The summed E-state index contributed by atoms with van der Waals surface area (Å²) in [6, 6.07) is 48.2. The van der Waals surface area contributed by atoms with Gasteiger partial charge in [0, 0.05) is 11.1 Å². The van der Waals surface area contributed by atoms with Crippen LogP contribution in [0.25, 0.3) is 77.1 Å². The van der Waals surface area contributed by atoms with Crippen molar-refractivity contribution in [1.82, 2.24) is 8.75 Å². The zero-order valence-corrected chi connectivity index (χ0v) is 28.8. The quantitative estimate of drug-likeness (QED) is 0.177. The Morgan fingerprint density at radius 3 is 1.22 bits per heavy atom. The summed E-state index contributed by atoms with van der Waals surface area (Å²) >= 11 is 1.27. The lowest BCUT2D eigenvalue weighted by molar-refractivity contribution is 0.196. The van der Waals surface area contributed by atoms with Crippen molar-refractivity contribution in [1.29, 1.82) is 0 Å². The van der Waals surface area contributed by atoms with E-state index in [2.05, 4.69) is 147 Å². The first kappa shape index (κ1) is 31.1. The standard InChI is InChI=1S/C45H38N2OS/c1-28(2)26-34-20-22-38(42-10-6-4-8-36(34)42)30-12-16-32(17-13-30)40-24-25-41(45-44(40)46-49-47-45)33-18-14-31(15-19-33)39-23-21-35(27-29(3)48)37-9-5-7-11-43(37)39/h4-25,28-29,48H,26-27H2,1-3H3. The van der Waals surface area contributed by atoms with Gasteiger partial charge in [0.2, 0.25) is 0 Å². The van der Waals surface area contributed by atoms with E-state index >= 15 is 0 Å². The molecular weight excluding hydrogens is 617 g/mol. The summed E-state index contributed by atoms with van der Waals surface area (Å²) in [5.74, 6) is 0.613. The third-order valence-corrected chi connectivity index (χ3v) is 10.1. The van der Waals surface area contributed by atoms with E-state index in [0.717, 1.165) is 45.3 Å². The molecule has 8 rings (SSSR count). The Labute approximate surface area is 291 Å². The smallest absolute Gasteiger partial charge is 0.113 e. The second kappa shape index (κ2) is 13.0. The van der Waals surface area contributed by atoms with Crippen LogP contribution in [0.5, 0.6) is 0 Å². The third kappa shape index (κ3) is 5.92. The zero-order valence-electron chi connectivity index (χ0n) is 28.0. The number of aliphatic hydroxyl groups is 1. The van der Waals surface area contributed by atoms with Gasteiger partial charge in [-0.3, -0.25) is 0 Å². The summed E-state index contributed by atoms with van der Waals surface area (Å²) < 4.78 is 9.55. The predicted octanol–water partition coefficient (Wildman–Crippen LogP) is 11.8. The lowest BCUT2D eigenvalue weighted by Crippen LogP contribution is -2.04. The molecule has 240 valence electrons. The van der Waals surface area contributed by atoms with Crippen LogP contribution in [0, 0.1) is 5.92 Å². The van der Waals surface area contributed by atoms with Gasteiger partial charge in [-0.15, -0.1) is 0 Å². The van der Waals surface area contributed by atoms with Crippen LogP contribution in [0.4, 0.5) is 0 Å². The van der Waals surface area contributed by atoms with E-state index in [0.29, 0.717) is 12.3 Å². The van der Waals surface area contributed by atoms with E-state index in [1.807, 2.05) is 6.92 Å². The van der Waals surface area contributed by atoms with Gasteiger partial charge >= 0.3 is 0 Å². The number of hydrogen-bond acceptors (Lipinski definition) is 4. The molecule has 49 heavy (non-hydrogen) atoms. The molecule has 3 nitrogen and oxygen atoms in total. The molecule has 0 amide bonds. The number of nitrogens with zero attached hydrogens (tertiary/aromatic N) is 2. The van der Waals surface area contributed by atoms with Crippen molar-refractivity contribution >= 4 is 44.3 Å². The third-order valence-electron chi connectivity index (χ3n) is 9.60. The van der Waals surface area contributed by atoms with E-state index in [4.69, 9.17) is 8.75 Å². The van der Waals surface area contributed by atoms with Gasteiger partial charge in [0.05, 0.1) is 17.8 Å². The maximum absolute atomic E-state index is 10.0. The van der Waals surface area contributed by atoms with Gasteiger partial charge in [-0.05, 0) is 91.7 Å². The second-order valence-corrected chi connectivity index (χ2v) is 14.1. The fraction of sp³-hybridized carbons (Fsp3) is 0.156. The molecular formula is C45H38N2OS. The Morgan fingerprint density at radius 2 is 0.816 bits per heavy atom. The van der Waals surface area contributed by atoms with Gasteiger partial charge in [-0.2, -0.15) is 8.75 Å². The minimum atomic E-state index is -0.380. The van der Waals surface area contributed by atoms with Crippen LogP contribution < -0.4 is 0 Å². The van der Waals surface area contributed by atoms with Crippen molar-refractivity contribution in [3.8, 4) is 44.5 Å². The summed E-state index contributed by atoms with van der Waals surface area (Å²) in [5, 5.41) is 15.1. The molecule has 0 aliphatic heterocycles. The highest BCUT2D eigenvalue weighted by molar-refractivity contribution is 7.00. The van der Waals surface area contributed by atoms with Crippen LogP contribution in [-0.2, 0) is 12.8 Å². The molecule has 7 aromatic carbocycles. The molecule has 0 radical (unpaired) electrons. The molecule has 8 aromatic rings. The number of aromatic nitrogens is 2. The highest BCUT2D eigenvalue weighted by Crippen LogP contribution is 2.38. The summed E-state index contributed by atoms with van der Waals surface area (Å²) in [6.07, 6.45) is 1.34. The molecule has 0 fully saturated rings. The number of rotatable bonds is 8. The van der Waals surface area contributed by atoms with Crippen molar-refractivity contribution in [3.05, 3.63) is 145 Å². The van der Waals surface area contributed by atoms with E-state index in [1.165, 1.54) is 61.1 Å². The van der Waals surface area contributed by atoms with Crippen LogP contribution in [-0.4, -0.2) is 20.0 Å². The summed E-state index contributed by atoms with van der Waals surface area (Å²) in [4.78, 5) is 0. The number of aliphatic hydroxyl groups excluding tert-OH is 1. The Kier molecular flexibility index (Phi) is 8.28. The van der Waals surface area contributed by atoms with Crippen LogP contribution in [0.3, 0.4) is 0 Å². The van der Waals surface area contributed by atoms with E-state index < -0.39 is 0 Å². The van der Waals surface area contributed by atoms with Gasteiger partial charge in [0.25, 0.3) is 0 Å². The monoisotopic (exact) mass is 654 g/mol.